The molecule has 8 nitrogen and oxygen atoms in total. The number of hydrogen-bond acceptors (Lipinski definition) is 5. The van der Waals surface area contributed by atoms with Gasteiger partial charge >= 0.3 is 6.03 Å². The Bertz CT molecular complexity index is 1270. The van der Waals surface area contributed by atoms with Crippen molar-refractivity contribution in [3.05, 3.63) is 107 Å². The van der Waals surface area contributed by atoms with Crippen molar-refractivity contribution in [3.8, 4) is 6.07 Å². The van der Waals surface area contributed by atoms with Crippen LogP contribution in [0.5, 0.6) is 0 Å². The quantitative estimate of drug-likeness (QED) is 0.430. The van der Waals surface area contributed by atoms with Gasteiger partial charge in [0.05, 0.1) is 19.3 Å². The molecule has 38 heavy (non-hydrogen) atoms. The van der Waals surface area contributed by atoms with Crippen LogP contribution in [0.4, 0.5) is 4.79 Å². The number of carbonyl (C=O) groups is 3. The molecule has 1 aliphatic heterocycles. The Morgan fingerprint density at radius 2 is 1.37 bits per heavy atom. The molecule has 194 valence electrons. The fourth-order valence-electron chi connectivity index (χ4n) is 4.25. The smallest absolute Gasteiger partial charge is 0.318 e. The van der Waals surface area contributed by atoms with Crippen LogP contribution in [-0.4, -0.2) is 61.0 Å². The average molecular weight is 511 g/mol. The molecular weight excluding hydrogens is 480 g/mol. The van der Waals surface area contributed by atoms with Crippen LogP contribution in [0.25, 0.3) is 0 Å². The molecule has 0 aliphatic carbocycles. The van der Waals surface area contributed by atoms with E-state index in [-0.39, 0.29) is 24.7 Å². The third-order valence-electron chi connectivity index (χ3n) is 6.36. The van der Waals surface area contributed by atoms with Crippen LogP contribution in [0.2, 0.25) is 0 Å². The van der Waals surface area contributed by atoms with Gasteiger partial charge in [0, 0.05) is 37.1 Å². The van der Waals surface area contributed by atoms with E-state index in [9.17, 15) is 19.6 Å². The van der Waals surface area contributed by atoms with Crippen molar-refractivity contribution >= 4 is 17.7 Å². The third kappa shape index (κ3) is 7.28. The predicted octanol–water partition coefficient (Wildman–Crippen LogP) is 3.12. The minimum atomic E-state index is -0.852. The molecule has 8 heteroatoms. The predicted molar refractivity (Wildman–Crippen MR) is 142 cm³/mol. The molecule has 0 aromatic heterocycles. The van der Waals surface area contributed by atoms with Gasteiger partial charge in [0.2, 0.25) is 5.91 Å². The number of urea groups is 1. The molecule has 1 saturated heterocycles. The third-order valence-corrected chi connectivity index (χ3v) is 6.36. The second-order valence-electron chi connectivity index (χ2n) is 9.08. The van der Waals surface area contributed by atoms with E-state index >= 15 is 0 Å². The first-order valence-electron chi connectivity index (χ1n) is 12.6. The van der Waals surface area contributed by atoms with E-state index in [1.165, 1.54) is 0 Å². The summed E-state index contributed by atoms with van der Waals surface area (Å²) in [5.74, 6) is -0.514. The van der Waals surface area contributed by atoms with Crippen LogP contribution < -0.4 is 10.6 Å². The highest BCUT2D eigenvalue weighted by molar-refractivity contribution is 6.08. The Balaban J connectivity index is 1.41. The standard InChI is InChI=1S/C30H30N4O4/c31-21-26(19-23-11-13-25(14-12-23)28(35)24-9-5-2-6-10-24)32-29(36)27(20-22-7-3-1-4-8-22)33-30(37)34-15-17-38-18-16-34/h1-14,26-27H,15-20H2,(H,32,36)(H,33,37)/t26-,27-/m0/s1. The highest BCUT2D eigenvalue weighted by Crippen LogP contribution is 2.13. The van der Waals surface area contributed by atoms with Gasteiger partial charge < -0.3 is 20.3 Å². The molecule has 3 amide bonds. The number of nitrogens with zero attached hydrogens (tertiary/aromatic N) is 2. The maximum absolute atomic E-state index is 13.3. The summed E-state index contributed by atoms with van der Waals surface area (Å²) in [6.07, 6.45) is 0.550. The molecule has 1 fully saturated rings. The molecule has 0 spiro atoms. The number of hydrogen-bond donors (Lipinski definition) is 2. The number of ketones is 1. The van der Waals surface area contributed by atoms with Crippen molar-refractivity contribution < 1.29 is 19.1 Å². The van der Waals surface area contributed by atoms with Crippen molar-refractivity contribution in [2.45, 2.75) is 24.9 Å². The number of nitriles is 1. The van der Waals surface area contributed by atoms with E-state index in [2.05, 4.69) is 16.7 Å². The zero-order valence-electron chi connectivity index (χ0n) is 21.0. The van der Waals surface area contributed by atoms with Crippen LogP contribution in [0.15, 0.2) is 84.9 Å². The molecule has 1 aliphatic rings. The van der Waals surface area contributed by atoms with Crippen molar-refractivity contribution in [1.29, 1.82) is 5.26 Å². The van der Waals surface area contributed by atoms with E-state index in [1.54, 1.807) is 41.3 Å². The van der Waals surface area contributed by atoms with E-state index in [0.717, 1.165) is 11.1 Å². The van der Waals surface area contributed by atoms with Gasteiger partial charge in [-0.05, 0) is 11.1 Å². The zero-order valence-corrected chi connectivity index (χ0v) is 21.0. The van der Waals surface area contributed by atoms with Gasteiger partial charge in [0.25, 0.3) is 0 Å². The van der Waals surface area contributed by atoms with Gasteiger partial charge in [-0.3, -0.25) is 9.59 Å². The molecule has 3 aromatic carbocycles. The lowest BCUT2D eigenvalue weighted by Gasteiger charge is -2.29. The number of carbonyl (C=O) groups excluding carboxylic acids is 3. The monoisotopic (exact) mass is 510 g/mol. The summed E-state index contributed by atoms with van der Waals surface area (Å²) < 4.78 is 5.31. The first kappa shape index (κ1) is 26.6. The first-order valence-corrected chi connectivity index (χ1v) is 12.6. The summed E-state index contributed by atoms with van der Waals surface area (Å²) in [5, 5.41) is 15.4. The van der Waals surface area contributed by atoms with Gasteiger partial charge in [-0.2, -0.15) is 5.26 Å². The topological polar surface area (TPSA) is 112 Å². The molecule has 2 atom stereocenters. The van der Waals surface area contributed by atoms with Gasteiger partial charge in [-0.15, -0.1) is 0 Å². The number of ether oxygens (including phenoxy) is 1. The fourth-order valence-corrected chi connectivity index (χ4v) is 4.25. The van der Waals surface area contributed by atoms with Crippen LogP contribution in [-0.2, 0) is 22.4 Å². The van der Waals surface area contributed by atoms with Crippen LogP contribution in [0.3, 0.4) is 0 Å². The van der Waals surface area contributed by atoms with Crippen molar-refractivity contribution in [1.82, 2.24) is 15.5 Å². The van der Waals surface area contributed by atoms with Gasteiger partial charge in [-0.25, -0.2) is 4.79 Å². The number of morpholine rings is 1. The molecular formula is C30H30N4O4. The van der Waals surface area contributed by atoms with E-state index in [1.807, 2.05) is 48.5 Å². The lowest BCUT2D eigenvalue weighted by molar-refractivity contribution is -0.123. The van der Waals surface area contributed by atoms with E-state index in [0.29, 0.717) is 37.4 Å². The van der Waals surface area contributed by atoms with Crippen LogP contribution in [0, 0.1) is 11.3 Å². The summed E-state index contributed by atoms with van der Waals surface area (Å²) in [6, 6.07) is 25.6. The first-order chi connectivity index (χ1) is 18.5. The van der Waals surface area contributed by atoms with E-state index < -0.39 is 18.0 Å². The molecule has 3 aromatic rings. The normalized spacial score (nSPS) is 14.6. The lowest BCUT2D eigenvalue weighted by atomic mass is 9.99. The Labute approximate surface area is 222 Å². The second-order valence-corrected chi connectivity index (χ2v) is 9.08. The fraction of sp³-hybridized carbons (Fsp3) is 0.267. The van der Waals surface area contributed by atoms with Gasteiger partial charge in [-0.1, -0.05) is 84.9 Å². The maximum atomic E-state index is 13.3. The Morgan fingerprint density at radius 3 is 2.00 bits per heavy atom. The highest BCUT2D eigenvalue weighted by atomic mass is 16.5. The molecule has 0 saturated carbocycles. The second kappa shape index (κ2) is 13.2. The lowest BCUT2D eigenvalue weighted by Crippen LogP contribution is -2.55. The number of nitrogens with one attached hydrogen (secondary N) is 2. The highest BCUT2D eigenvalue weighted by Gasteiger charge is 2.27. The minimum Gasteiger partial charge on any atom is -0.378 e. The van der Waals surface area contributed by atoms with Gasteiger partial charge in [0.1, 0.15) is 12.1 Å². The largest absolute Gasteiger partial charge is 0.378 e. The van der Waals surface area contributed by atoms with Gasteiger partial charge in [0.15, 0.2) is 5.78 Å². The Morgan fingerprint density at radius 1 is 0.789 bits per heavy atom. The zero-order chi connectivity index (χ0) is 26.7. The summed E-state index contributed by atoms with van der Waals surface area (Å²) in [5.41, 5.74) is 2.85. The number of rotatable bonds is 9. The number of amides is 3. The van der Waals surface area contributed by atoms with Crippen molar-refractivity contribution in [2.75, 3.05) is 26.3 Å². The van der Waals surface area contributed by atoms with Crippen molar-refractivity contribution in [3.63, 3.8) is 0 Å². The molecule has 0 radical (unpaired) electrons. The summed E-state index contributed by atoms with van der Waals surface area (Å²) in [6.45, 7) is 1.81. The molecule has 2 N–H and O–H groups in total. The Kier molecular flexibility index (Phi) is 9.22. The summed E-state index contributed by atoms with van der Waals surface area (Å²) in [4.78, 5) is 40.4. The summed E-state index contributed by atoms with van der Waals surface area (Å²) >= 11 is 0. The van der Waals surface area contributed by atoms with Crippen molar-refractivity contribution in [2.24, 2.45) is 0 Å². The van der Waals surface area contributed by atoms with Crippen LogP contribution in [0.1, 0.15) is 27.0 Å². The maximum Gasteiger partial charge on any atom is 0.318 e. The molecule has 0 bridgehead atoms. The number of benzene rings is 3. The SMILES string of the molecule is N#C[C@H](Cc1ccc(C(=O)c2ccccc2)cc1)NC(=O)[C@H](Cc1ccccc1)NC(=O)N1CCOCC1. The van der Waals surface area contributed by atoms with E-state index in [4.69, 9.17) is 4.74 Å². The minimum absolute atomic E-state index is 0.0814. The molecule has 4 rings (SSSR count). The average Bonchev–Trinajstić information content (AvgIpc) is 2.97. The Hall–Kier alpha value is -4.48. The molecule has 1 heterocycles. The van der Waals surface area contributed by atoms with Crippen LogP contribution >= 0.6 is 0 Å². The summed E-state index contributed by atoms with van der Waals surface area (Å²) in [7, 11) is 0. The molecule has 0 unspecified atom stereocenters.